The summed E-state index contributed by atoms with van der Waals surface area (Å²) in [6.45, 7) is -0.678. The predicted molar refractivity (Wildman–Crippen MR) is 115 cm³/mol. The summed E-state index contributed by atoms with van der Waals surface area (Å²) < 4.78 is 89.5. The highest BCUT2D eigenvalue weighted by Crippen LogP contribution is 2.42. The first kappa shape index (κ1) is 25.5. The number of Topliss-reactive ketones (excluding diaryl/α,β-unsaturated/α-hetero) is 1. The summed E-state index contributed by atoms with van der Waals surface area (Å²) in [4.78, 5) is 13.0. The van der Waals surface area contributed by atoms with Gasteiger partial charge in [-0.15, -0.1) is 3.71 Å². The van der Waals surface area contributed by atoms with Crippen LogP contribution in [0.4, 0.5) is 13.2 Å². The predicted octanol–water partition coefficient (Wildman–Crippen LogP) is 4.34. The molecule has 2 aromatic rings. The van der Waals surface area contributed by atoms with E-state index >= 15 is 0 Å². The minimum atomic E-state index is -4.50. The van der Waals surface area contributed by atoms with Crippen LogP contribution in [0.15, 0.2) is 65.6 Å². The zero-order chi connectivity index (χ0) is 24.2. The molecule has 6 nitrogen and oxygen atoms in total. The Morgan fingerprint density at radius 2 is 1.52 bits per heavy atom. The molecular weight excluding hydrogens is 479 g/mol. The fourth-order valence-corrected chi connectivity index (χ4v) is 6.50. The van der Waals surface area contributed by atoms with E-state index in [1.54, 1.807) is 24.3 Å². The first-order valence-corrected chi connectivity index (χ1v) is 12.8. The Kier molecular flexibility index (Phi) is 8.09. The maximum Gasteiger partial charge on any atom is 0.391 e. The molecule has 0 spiro atoms. The van der Waals surface area contributed by atoms with E-state index < -0.39 is 57.5 Å². The number of alkyl halides is 3. The number of hydrogen-bond donors (Lipinski definition) is 0. The molecular formula is C22H23F3NO5S2-. The highest BCUT2D eigenvalue weighted by Gasteiger charge is 2.44. The molecule has 1 aliphatic carbocycles. The smallest absolute Gasteiger partial charge is 0.391 e. The van der Waals surface area contributed by atoms with E-state index in [1.807, 2.05) is 0 Å². The number of carbonyl (C=O) groups is 1. The van der Waals surface area contributed by atoms with Crippen molar-refractivity contribution in [2.75, 3.05) is 6.54 Å². The molecule has 0 aromatic heterocycles. The lowest BCUT2D eigenvalue weighted by atomic mass is 9.73. The molecule has 11 heteroatoms. The van der Waals surface area contributed by atoms with E-state index in [2.05, 4.69) is 0 Å². The van der Waals surface area contributed by atoms with Gasteiger partial charge in [0.1, 0.15) is 0 Å². The Morgan fingerprint density at radius 1 is 1.00 bits per heavy atom. The van der Waals surface area contributed by atoms with Crippen LogP contribution in [0.5, 0.6) is 0 Å². The molecule has 0 N–H and O–H groups in total. The van der Waals surface area contributed by atoms with Gasteiger partial charge in [0.05, 0.1) is 10.8 Å². The normalized spacial score (nSPS) is 21.5. The molecule has 0 bridgehead atoms. The van der Waals surface area contributed by atoms with Crippen LogP contribution in [0.25, 0.3) is 0 Å². The second kappa shape index (κ2) is 10.5. The molecule has 0 saturated heterocycles. The average molecular weight is 503 g/mol. The van der Waals surface area contributed by atoms with Crippen LogP contribution in [0.3, 0.4) is 0 Å². The van der Waals surface area contributed by atoms with Crippen LogP contribution in [0.1, 0.15) is 36.0 Å². The van der Waals surface area contributed by atoms with Gasteiger partial charge in [-0.3, -0.25) is 9.00 Å². The average Bonchev–Trinajstić information content (AvgIpc) is 2.79. The lowest BCUT2D eigenvalue weighted by Gasteiger charge is -2.36. The third kappa shape index (κ3) is 6.08. The Balaban J connectivity index is 1.93. The van der Waals surface area contributed by atoms with E-state index in [1.165, 1.54) is 36.4 Å². The summed E-state index contributed by atoms with van der Waals surface area (Å²) in [5.41, 5.74) is 0.245. The first-order valence-electron chi connectivity index (χ1n) is 10.3. The van der Waals surface area contributed by atoms with Gasteiger partial charge in [0, 0.05) is 29.3 Å². The first-order chi connectivity index (χ1) is 15.5. The summed E-state index contributed by atoms with van der Waals surface area (Å²) in [5, 5.41) is 0. The molecule has 2 unspecified atom stereocenters. The van der Waals surface area contributed by atoms with Gasteiger partial charge in [-0.25, -0.2) is 8.42 Å². The monoisotopic (exact) mass is 502 g/mol. The van der Waals surface area contributed by atoms with Crippen molar-refractivity contribution in [2.24, 2.45) is 17.8 Å². The molecule has 0 amide bonds. The van der Waals surface area contributed by atoms with Crippen molar-refractivity contribution in [3.63, 3.8) is 0 Å². The molecule has 3 rings (SSSR count). The van der Waals surface area contributed by atoms with Gasteiger partial charge < -0.3 is 4.55 Å². The summed E-state index contributed by atoms with van der Waals surface area (Å²) in [6.07, 6.45) is -4.66. The Bertz CT molecular complexity index is 1070. The zero-order valence-electron chi connectivity index (χ0n) is 17.5. The Labute approximate surface area is 193 Å². The SMILES string of the molecule is O=C(c1ccccc1)C(CN(S(=O)[O-])S(=O)(=O)c1ccccc1)C1CCC(C(F)(F)F)CC1. The van der Waals surface area contributed by atoms with Crippen LogP contribution in [-0.4, -0.2) is 39.4 Å². The number of halogens is 3. The standard InChI is InChI=1S/C22H24F3NO5S2/c23-22(24,25)18-13-11-16(12-14-18)20(21(27)17-7-3-1-4-8-17)15-26(32(28)29)33(30,31)19-9-5-2-6-10-19/h1-10,16,18,20H,11-15H2,(H,28,29)/p-1. The minimum absolute atomic E-state index is 0.0398. The highest BCUT2D eigenvalue weighted by atomic mass is 32.3. The molecule has 1 saturated carbocycles. The number of sulfonamides is 1. The van der Waals surface area contributed by atoms with Crippen LogP contribution in [-0.2, 0) is 21.3 Å². The molecule has 1 fully saturated rings. The third-order valence-electron chi connectivity index (χ3n) is 6.02. The van der Waals surface area contributed by atoms with Crippen molar-refractivity contribution in [3.05, 3.63) is 66.2 Å². The third-order valence-corrected chi connectivity index (χ3v) is 9.01. The fraction of sp³-hybridized carbons (Fsp3) is 0.409. The summed E-state index contributed by atoms with van der Waals surface area (Å²) >= 11 is -3.23. The van der Waals surface area contributed by atoms with Crippen molar-refractivity contribution < 1.29 is 35.1 Å². The lowest BCUT2D eigenvalue weighted by molar-refractivity contribution is -0.184. The number of hydrogen-bond acceptors (Lipinski definition) is 5. The quantitative estimate of drug-likeness (QED) is 0.395. The van der Waals surface area contributed by atoms with Gasteiger partial charge in [0.15, 0.2) is 5.78 Å². The molecule has 2 atom stereocenters. The number of ketones is 1. The van der Waals surface area contributed by atoms with Crippen LogP contribution < -0.4 is 0 Å². The Hall–Kier alpha value is -2.08. The van der Waals surface area contributed by atoms with E-state index in [-0.39, 0.29) is 39.9 Å². The van der Waals surface area contributed by atoms with E-state index in [9.17, 15) is 35.1 Å². The highest BCUT2D eigenvalue weighted by molar-refractivity contribution is 7.99. The van der Waals surface area contributed by atoms with Gasteiger partial charge in [-0.05, 0) is 43.7 Å². The summed E-state index contributed by atoms with van der Waals surface area (Å²) in [5.74, 6) is -3.69. The van der Waals surface area contributed by atoms with Gasteiger partial charge in [-0.2, -0.15) is 13.2 Å². The number of carbonyl (C=O) groups excluding carboxylic acids is 1. The lowest BCUT2D eigenvalue weighted by Crippen LogP contribution is -2.43. The largest absolute Gasteiger partial charge is 0.759 e. The van der Waals surface area contributed by atoms with Crippen molar-refractivity contribution in [3.8, 4) is 0 Å². The summed E-state index contributed by atoms with van der Waals surface area (Å²) in [7, 11) is -4.50. The topological polar surface area (TPSA) is 94.6 Å². The van der Waals surface area contributed by atoms with E-state index in [0.29, 0.717) is 0 Å². The molecule has 33 heavy (non-hydrogen) atoms. The fourth-order valence-electron chi connectivity index (χ4n) is 4.22. The van der Waals surface area contributed by atoms with Gasteiger partial charge in [-0.1, -0.05) is 48.5 Å². The summed E-state index contributed by atoms with van der Waals surface area (Å²) in [6, 6.07) is 14.8. The second-order valence-electron chi connectivity index (χ2n) is 8.01. The van der Waals surface area contributed by atoms with Gasteiger partial charge in [0.2, 0.25) is 0 Å². The molecule has 0 heterocycles. The van der Waals surface area contributed by atoms with Crippen molar-refractivity contribution >= 4 is 27.1 Å². The molecule has 180 valence electrons. The van der Waals surface area contributed by atoms with Crippen molar-refractivity contribution in [1.82, 2.24) is 3.71 Å². The van der Waals surface area contributed by atoms with Crippen molar-refractivity contribution in [1.29, 1.82) is 0 Å². The van der Waals surface area contributed by atoms with E-state index in [4.69, 9.17) is 0 Å². The van der Waals surface area contributed by atoms with E-state index in [0.717, 1.165) is 0 Å². The molecule has 1 aliphatic rings. The maximum atomic E-state index is 13.3. The Morgan fingerprint density at radius 3 is 2.00 bits per heavy atom. The van der Waals surface area contributed by atoms with Gasteiger partial charge >= 0.3 is 6.18 Å². The number of benzene rings is 2. The molecule has 0 aliphatic heterocycles. The maximum absolute atomic E-state index is 13.3. The zero-order valence-corrected chi connectivity index (χ0v) is 19.1. The van der Waals surface area contributed by atoms with Crippen molar-refractivity contribution in [2.45, 2.75) is 36.8 Å². The van der Waals surface area contributed by atoms with Gasteiger partial charge in [0.25, 0.3) is 10.0 Å². The number of nitrogens with zero attached hydrogens (tertiary/aromatic N) is 1. The number of rotatable bonds is 8. The molecule has 0 radical (unpaired) electrons. The minimum Gasteiger partial charge on any atom is -0.759 e. The molecule has 2 aromatic carbocycles. The van der Waals surface area contributed by atoms with Crippen LogP contribution in [0.2, 0.25) is 0 Å². The van der Waals surface area contributed by atoms with Crippen LogP contribution in [0, 0.1) is 17.8 Å². The second-order valence-corrected chi connectivity index (χ2v) is 11.0. The van der Waals surface area contributed by atoms with Crippen LogP contribution >= 0.6 is 0 Å².